The molecule has 1 fully saturated rings. The van der Waals surface area contributed by atoms with Gasteiger partial charge in [0.1, 0.15) is 5.41 Å². The second-order valence-corrected chi connectivity index (χ2v) is 7.77. The van der Waals surface area contributed by atoms with E-state index in [1.54, 1.807) is 0 Å². The number of benzene rings is 3. The average Bonchev–Trinajstić information content (AvgIpc) is 3.58. The van der Waals surface area contributed by atoms with Crippen molar-refractivity contribution in [2.75, 3.05) is 7.05 Å². The Morgan fingerprint density at radius 3 is 1.79 bits per heavy atom. The lowest BCUT2D eigenvalue weighted by molar-refractivity contribution is -0.130. The fourth-order valence-corrected chi connectivity index (χ4v) is 4.83. The number of likely N-dealkylation sites (N-methyl/N-ethyl adjacent to an activating group) is 1. The summed E-state index contributed by atoms with van der Waals surface area (Å²) in [5, 5.41) is 0. The minimum absolute atomic E-state index is 0.193. The molecule has 3 aromatic rings. The van der Waals surface area contributed by atoms with Crippen molar-refractivity contribution >= 4 is 17.2 Å². The van der Waals surface area contributed by atoms with Crippen LogP contribution >= 0.6 is 0 Å². The summed E-state index contributed by atoms with van der Waals surface area (Å²) in [5.74, 6) is 0.542. The topological polar surface area (TPSA) is 20.3 Å². The Kier molecular flexibility index (Phi) is 3.94. The van der Waals surface area contributed by atoms with Gasteiger partial charge < -0.3 is 4.90 Å². The van der Waals surface area contributed by atoms with Gasteiger partial charge in [0, 0.05) is 12.6 Å². The third-order valence-corrected chi connectivity index (χ3v) is 6.14. The second-order valence-electron chi connectivity index (χ2n) is 7.77. The molecular formula is C26H23NO. The van der Waals surface area contributed by atoms with E-state index in [2.05, 4.69) is 60.7 Å². The predicted octanol–water partition coefficient (Wildman–Crippen LogP) is 5.37. The van der Waals surface area contributed by atoms with Crippen LogP contribution in [0.5, 0.6) is 0 Å². The molecule has 0 N–H and O–H groups in total. The molecule has 1 aliphatic heterocycles. The lowest BCUT2D eigenvalue weighted by Crippen LogP contribution is -2.41. The Bertz CT molecular complexity index is 1040. The highest BCUT2D eigenvalue weighted by molar-refractivity contribution is 6.18. The Morgan fingerprint density at radius 2 is 1.25 bits per heavy atom. The SMILES string of the molecule is CN1C(=O)C(c2ccccc2)(C2CC2)C(c2ccccc2)=C1c1ccccc1. The molecule has 0 saturated heterocycles. The highest BCUT2D eigenvalue weighted by Gasteiger charge is 2.60. The van der Waals surface area contributed by atoms with E-state index in [4.69, 9.17) is 0 Å². The van der Waals surface area contributed by atoms with Gasteiger partial charge in [0.05, 0.1) is 5.70 Å². The van der Waals surface area contributed by atoms with E-state index in [1.165, 1.54) is 0 Å². The van der Waals surface area contributed by atoms with Crippen molar-refractivity contribution in [1.29, 1.82) is 0 Å². The predicted molar refractivity (Wildman–Crippen MR) is 113 cm³/mol. The van der Waals surface area contributed by atoms with Crippen LogP contribution in [0.3, 0.4) is 0 Å². The Labute approximate surface area is 166 Å². The molecule has 138 valence electrons. The highest BCUT2D eigenvalue weighted by atomic mass is 16.2. The van der Waals surface area contributed by atoms with E-state index in [0.29, 0.717) is 5.92 Å². The first kappa shape index (κ1) is 17.0. The van der Waals surface area contributed by atoms with E-state index >= 15 is 0 Å². The molecule has 0 aromatic heterocycles. The molecule has 2 aliphatic rings. The smallest absolute Gasteiger partial charge is 0.242 e. The summed E-state index contributed by atoms with van der Waals surface area (Å²) >= 11 is 0. The summed E-state index contributed by atoms with van der Waals surface area (Å²) in [6.07, 6.45) is 2.18. The molecule has 1 amide bonds. The quantitative estimate of drug-likeness (QED) is 0.608. The van der Waals surface area contributed by atoms with Gasteiger partial charge in [-0.25, -0.2) is 0 Å². The summed E-state index contributed by atoms with van der Waals surface area (Å²) < 4.78 is 0. The van der Waals surface area contributed by atoms with Gasteiger partial charge in [-0.3, -0.25) is 4.79 Å². The van der Waals surface area contributed by atoms with Gasteiger partial charge in [0.25, 0.3) is 0 Å². The van der Waals surface area contributed by atoms with Crippen LogP contribution < -0.4 is 0 Å². The molecular weight excluding hydrogens is 342 g/mol. The number of hydrogen-bond acceptors (Lipinski definition) is 1. The van der Waals surface area contributed by atoms with E-state index in [1.807, 2.05) is 42.3 Å². The normalized spacial score (nSPS) is 22.0. The molecule has 1 unspecified atom stereocenters. The summed E-state index contributed by atoms with van der Waals surface area (Å²) in [5.41, 5.74) is 4.92. The summed E-state index contributed by atoms with van der Waals surface area (Å²) in [7, 11) is 1.93. The van der Waals surface area contributed by atoms with Gasteiger partial charge in [-0.15, -0.1) is 0 Å². The van der Waals surface area contributed by atoms with Gasteiger partial charge in [0.2, 0.25) is 5.91 Å². The van der Waals surface area contributed by atoms with Crippen LogP contribution in [0.1, 0.15) is 29.5 Å². The van der Waals surface area contributed by atoms with Crippen LogP contribution in [0.2, 0.25) is 0 Å². The fourth-order valence-electron chi connectivity index (χ4n) is 4.83. The first-order valence-corrected chi connectivity index (χ1v) is 9.94. The van der Waals surface area contributed by atoms with Gasteiger partial charge in [-0.1, -0.05) is 91.0 Å². The molecule has 1 heterocycles. The zero-order valence-corrected chi connectivity index (χ0v) is 16.0. The van der Waals surface area contributed by atoms with E-state index in [-0.39, 0.29) is 5.91 Å². The van der Waals surface area contributed by atoms with Crippen LogP contribution in [-0.4, -0.2) is 17.9 Å². The standard InChI is InChI=1S/C26H23NO/c1-27-24(20-13-7-3-8-14-20)23(19-11-5-2-6-12-19)26(25(27)28,22-17-18-22)21-15-9-4-10-16-21/h2-16,22H,17-18H2,1H3. The number of hydrogen-bond donors (Lipinski definition) is 0. The van der Waals surface area contributed by atoms with Crippen molar-refractivity contribution in [1.82, 2.24) is 4.90 Å². The zero-order valence-electron chi connectivity index (χ0n) is 16.0. The largest absolute Gasteiger partial charge is 0.313 e. The molecule has 5 rings (SSSR count). The fraction of sp³-hybridized carbons (Fsp3) is 0.192. The lowest BCUT2D eigenvalue weighted by atomic mass is 9.68. The van der Waals surface area contributed by atoms with E-state index < -0.39 is 5.41 Å². The van der Waals surface area contributed by atoms with Crippen molar-refractivity contribution in [2.24, 2.45) is 5.92 Å². The number of amides is 1. The molecule has 0 radical (unpaired) electrons. The summed E-state index contributed by atoms with van der Waals surface area (Å²) in [6, 6.07) is 31.2. The van der Waals surface area contributed by atoms with Gasteiger partial charge in [-0.05, 0) is 35.4 Å². The molecule has 2 nitrogen and oxygen atoms in total. The van der Waals surface area contributed by atoms with E-state index in [0.717, 1.165) is 40.8 Å². The van der Waals surface area contributed by atoms with E-state index in [9.17, 15) is 4.79 Å². The number of rotatable bonds is 4. The van der Waals surface area contributed by atoms with Crippen molar-refractivity contribution in [3.63, 3.8) is 0 Å². The summed E-state index contributed by atoms with van der Waals surface area (Å²) in [6.45, 7) is 0. The van der Waals surface area contributed by atoms with Gasteiger partial charge in [-0.2, -0.15) is 0 Å². The molecule has 2 heteroatoms. The van der Waals surface area contributed by atoms with Crippen LogP contribution in [0.25, 0.3) is 11.3 Å². The Morgan fingerprint density at radius 1 is 0.750 bits per heavy atom. The number of nitrogens with zero attached hydrogens (tertiary/aromatic N) is 1. The Hall–Kier alpha value is -3.13. The maximum atomic E-state index is 14.0. The third-order valence-electron chi connectivity index (χ3n) is 6.14. The monoisotopic (exact) mass is 365 g/mol. The number of carbonyl (C=O) groups excluding carboxylic acids is 1. The van der Waals surface area contributed by atoms with Crippen molar-refractivity contribution < 1.29 is 4.79 Å². The van der Waals surface area contributed by atoms with Crippen molar-refractivity contribution in [2.45, 2.75) is 18.3 Å². The molecule has 1 atom stereocenters. The zero-order chi connectivity index (χ0) is 19.1. The van der Waals surface area contributed by atoms with Crippen LogP contribution in [0, 0.1) is 5.92 Å². The minimum Gasteiger partial charge on any atom is -0.313 e. The van der Waals surface area contributed by atoms with Crippen LogP contribution in [-0.2, 0) is 10.2 Å². The molecule has 1 aliphatic carbocycles. The van der Waals surface area contributed by atoms with Crippen LogP contribution in [0.15, 0.2) is 91.0 Å². The molecule has 0 spiro atoms. The first-order valence-electron chi connectivity index (χ1n) is 9.94. The summed E-state index contributed by atoms with van der Waals surface area (Å²) in [4.78, 5) is 15.9. The molecule has 3 aromatic carbocycles. The third kappa shape index (κ3) is 2.37. The van der Waals surface area contributed by atoms with Crippen molar-refractivity contribution in [3.05, 3.63) is 108 Å². The first-order chi connectivity index (χ1) is 13.7. The minimum atomic E-state index is -0.609. The average molecular weight is 365 g/mol. The lowest BCUT2D eigenvalue weighted by Gasteiger charge is -2.31. The molecule has 1 saturated carbocycles. The Balaban J connectivity index is 1.88. The van der Waals surface area contributed by atoms with Gasteiger partial charge >= 0.3 is 0 Å². The highest BCUT2D eigenvalue weighted by Crippen LogP contribution is 2.60. The van der Waals surface area contributed by atoms with Crippen LogP contribution in [0.4, 0.5) is 0 Å². The van der Waals surface area contributed by atoms with Gasteiger partial charge in [0.15, 0.2) is 0 Å². The maximum Gasteiger partial charge on any atom is 0.242 e. The molecule has 28 heavy (non-hydrogen) atoms. The second kappa shape index (κ2) is 6.49. The molecule has 0 bridgehead atoms. The maximum absolute atomic E-state index is 14.0. The number of carbonyl (C=O) groups is 1. The van der Waals surface area contributed by atoms with Crippen molar-refractivity contribution in [3.8, 4) is 0 Å².